The standard InChI is InChI=1S/C29H34F5N5O5S.C23H25F5N6O3S.C21H29F3N4O3S/c1-26(2,3)44-24(41)10-20-27(4,5)45(42)21(11-29(33,34)15-37-45)28(6,39-20)25-17(30)8-7-16(38-25)9-19(40)18-12-36-23(13-35-18)43-14-22(31)32;1-21(2)20(29)34-22(3,16-7-23(27,28)11-32-38(16,21)36)19-13(24)5-4-12(33-19)6-15(35)14-8-31-18(9-30-14)37-10-17(25)26;1-18(2,3)31-16(29)9-13-19(4,5)32(30)14(10-21(23,24)11-26-32)20(6,28-13)17-12(22)7-8-15(25)27-17/h7-8,12-13,21-22H,9-11,14-15H2,1-6H3;4-5,8-9,16-17H,6-7,10-11H2,1-3H3,(H2,29,34);7-8,14H,9-11H2,1-6H3,(H2,25,27)/t21-,28+,45-;16-,22+,38-;14-,20+,32-/m111/s1. The Morgan fingerprint density at radius 3 is 1.10 bits per heavy atom. The van der Waals surface area contributed by atoms with Crippen LogP contribution in [-0.4, -0.2) is 193 Å². The highest BCUT2D eigenvalue weighted by atomic mass is 32.2. The van der Waals surface area contributed by atoms with Crippen molar-refractivity contribution in [3.63, 3.8) is 0 Å². The number of nitrogens with two attached hydrogens (primary N) is 2. The molecule has 9 atom stereocenters. The lowest BCUT2D eigenvalue weighted by molar-refractivity contribution is -0.154. The van der Waals surface area contributed by atoms with Crippen LogP contribution in [0.1, 0.15) is 185 Å². The molecule has 0 aliphatic carbocycles. The van der Waals surface area contributed by atoms with Gasteiger partial charge in [-0.3, -0.25) is 44.1 Å². The molecule has 0 aromatic carbocycles. The van der Waals surface area contributed by atoms with Crippen molar-refractivity contribution in [2.45, 2.75) is 237 Å². The van der Waals surface area contributed by atoms with Crippen LogP contribution in [0.5, 0.6) is 11.8 Å². The molecule has 0 spiro atoms. The molecule has 0 amide bonds. The molecule has 0 unspecified atom stereocenters. The Balaban J connectivity index is 0.000000200. The number of hydrogen-bond donors (Lipinski definition) is 2. The van der Waals surface area contributed by atoms with Gasteiger partial charge in [-0.15, -0.1) is 0 Å². The largest absolute Gasteiger partial charge is 0.470 e. The van der Waals surface area contributed by atoms with Crippen molar-refractivity contribution in [1.82, 2.24) is 34.9 Å². The third-order valence-corrected chi connectivity index (χ3v) is 30.8. The summed E-state index contributed by atoms with van der Waals surface area (Å²) in [4.78, 5) is 92.5. The Hall–Kier alpha value is -8.96. The fourth-order valence-electron chi connectivity index (χ4n) is 13.9. The van der Waals surface area contributed by atoms with Crippen molar-refractivity contribution in [3.8, 4) is 11.8 Å². The van der Waals surface area contributed by atoms with Crippen LogP contribution >= 0.6 is 0 Å². The molecule has 26 nitrogen and oxygen atoms in total. The van der Waals surface area contributed by atoms with Crippen molar-refractivity contribution in [2.24, 2.45) is 33.8 Å². The number of aliphatic imine (C=N–C) groups is 3. The van der Waals surface area contributed by atoms with Crippen LogP contribution in [0.3, 0.4) is 0 Å². The van der Waals surface area contributed by atoms with E-state index in [1.807, 2.05) is 0 Å². The van der Waals surface area contributed by atoms with E-state index in [2.05, 4.69) is 63.0 Å². The lowest BCUT2D eigenvalue weighted by atomic mass is 9.87. The highest BCUT2D eigenvalue weighted by molar-refractivity contribution is 7.97. The number of nitrogens with zero attached hydrogens (tertiary/aromatic N) is 13. The van der Waals surface area contributed by atoms with E-state index < -0.39 is 235 Å². The van der Waals surface area contributed by atoms with Crippen molar-refractivity contribution in [1.29, 1.82) is 0 Å². The van der Waals surface area contributed by atoms with Crippen LogP contribution in [0.25, 0.3) is 0 Å². The van der Waals surface area contributed by atoms with Gasteiger partial charge in [0.05, 0.1) is 105 Å². The number of rotatable bonds is 19. The summed E-state index contributed by atoms with van der Waals surface area (Å²) in [6.45, 7) is 18.5. The van der Waals surface area contributed by atoms with Crippen LogP contribution in [0, 0.1) is 17.5 Å². The number of hydrogen-bond acceptors (Lipinski definition) is 26. The highest BCUT2D eigenvalue weighted by Crippen LogP contribution is 2.54. The molecule has 5 aromatic rings. The first-order chi connectivity index (χ1) is 52.7. The number of carbonyl (C=O) groups excluding carboxylic acids is 4. The van der Waals surface area contributed by atoms with Crippen LogP contribution in [-0.2, 0) is 77.7 Å². The van der Waals surface area contributed by atoms with Gasteiger partial charge in [0.2, 0.25) is 11.8 Å². The normalized spacial score (nSPS) is 27.8. The van der Waals surface area contributed by atoms with Gasteiger partial charge in [0.15, 0.2) is 24.8 Å². The third-order valence-electron chi connectivity index (χ3n) is 20.0. The van der Waals surface area contributed by atoms with E-state index in [-0.39, 0.29) is 76.1 Å². The fourth-order valence-corrected chi connectivity index (χ4v) is 23.7. The summed E-state index contributed by atoms with van der Waals surface area (Å²) in [6, 6.07) is 6.73. The first-order valence-electron chi connectivity index (χ1n) is 35.7. The van der Waals surface area contributed by atoms with Crippen molar-refractivity contribution in [2.75, 3.05) is 38.6 Å². The van der Waals surface area contributed by atoms with Gasteiger partial charge in [-0.25, -0.2) is 108 Å². The topological polar surface area (TPSA) is 373 Å². The lowest BCUT2D eigenvalue weighted by Gasteiger charge is -2.49. The van der Waals surface area contributed by atoms with E-state index in [0.29, 0.717) is 0 Å². The molecule has 6 aliphatic rings. The Morgan fingerprint density at radius 1 is 0.461 bits per heavy atom. The van der Waals surface area contributed by atoms with Gasteiger partial charge in [0, 0.05) is 42.1 Å². The minimum absolute atomic E-state index is 0.0113. The Bertz CT molecular complexity index is 5130. The van der Waals surface area contributed by atoms with Crippen LogP contribution in [0.15, 0.2) is 89.3 Å². The Morgan fingerprint density at radius 2 is 0.783 bits per heavy atom. The molecule has 11 rings (SSSR count). The number of ketones is 2. The van der Waals surface area contributed by atoms with E-state index in [9.17, 15) is 80.1 Å². The number of aromatic nitrogens is 7. The quantitative estimate of drug-likeness (QED) is 0.0440. The second kappa shape index (κ2) is 31.8. The number of Topliss-reactive ketones (excluding diaryl/α,β-unsaturated/α-hetero) is 2. The van der Waals surface area contributed by atoms with Gasteiger partial charge in [-0.1, -0.05) is 0 Å². The zero-order valence-corrected chi connectivity index (χ0v) is 67.7. The molecule has 630 valence electrons. The van der Waals surface area contributed by atoms with Gasteiger partial charge < -0.3 is 30.4 Å². The molecular formula is C73H88F13N15O11S3. The van der Waals surface area contributed by atoms with Gasteiger partial charge in [0.1, 0.15) is 110 Å². The third kappa shape index (κ3) is 18.7. The minimum Gasteiger partial charge on any atom is -0.470 e. The predicted octanol–water partition coefficient (Wildman–Crippen LogP) is 12.3. The zero-order chi connectivity index (χ0) is 86.0. The SMILES string of the molecule is CC(C)(C)OC(=O)CC1=N[C@](C)(c2nc(CC(=O)c3cnc(OCC(F)F)cn3)ccc2F)[C@H]2CC(F)(F)CN=[S@]2(=O)C1(C)C.CC(C)(C)OC(=O)CC1=N[C@](C)(c2nc(N)ccc2F)[C@H]2CC(F)(F)CN=[S@]2(=O)C1(C)C.CC1(C)C(N)=N[C@](C)(c2nc(CC(=O)c3cnc(OCC(F)F)cn3)ccc2F)[C@H]2CC(F)(F)CN=[S@@]21=O. The van der Waals surface area contributed by atoms with E-state index in [1.165, 1.54) is 66.7 Å². The van der Waals surface area contributed by atoms with Gasteiger partial charge in [-0.05, 0) is 140 Å². The Kier molecular flexibility index (Phi) is 24.9. The van der Waals surface area contributed by atoms with Crippen LogP contribution in [0.2, 0.25) is 0 Å². The maximum absolute atomic E-state index is 15.6. The summed E-state index contributed by atoms with van der Waals surface area (Å²) < 4.78 is 253. The predicted molar refractivity (Wildman–Crippen MR) is 398 cm³/mol. The number of alkyl halides is 10. The summed E-state index contributed by atoms with van der Waals surface area (Å²) in [5.74, 6) is -15.7. The number of ether oxygens (including phenoxy) is 4. The van der Waals surface area contributed by atoms with Crippen LogP contribution < -0.4 is 20.9 Å². The van der Waals surface area contributed by atoms with E-state index in [1.54, 1.807) is 55.4 Å². The van der Waals surface area contributed by atoms with Crippen molar-refractivity contribution in [3.05, 3.63) is 118 Å². The maximum atomic E-state index is 15.6. The van der Waals surface area contributed by atoms with Crippen LogP contribution in [0.4, 0.5) is 62.9 Å². The molecule has 6 aliphatic heterocycles. The number of anilines is 1. The van der Waals surface area contributed by atoms with E-state index in [4.69, 9.17) is 30.4 Å². The maximum Gasteiger partial charge on any atom is 0.312 e. The summed E-state index contributed by atoms with van der Waals surface area (Å²) in [7, 11) is -10.5. The highest BCUT2D eigenvalue weighted by Gasteiger charge is 2.64. The monoisotopic (exact) mass is 1690 g/mol. The fraction of sp³-hybridized carbons (Fsp3) is 0.589. The second-order valence-electron chi connectivity index (χ2n) is 32.2. The lowest BCUT2D eigenvalue weighted by Crippen LogP contribution is -2.62. The molecule has 0 saturated carbocycles. The van der Waals surface area contributed by atoms with Crippen molar-refractivity contribution >= 4 is 75.8 Å². The molecule has 11 heterocycles. The average molecular weight is 1690 g/mol. The number of carbonyl (C=O) groups is 4. The molecule has 5 aromatic heterocycles. The first-order valence-corrected chi connectivity index (χ1v) is 40.4. The molecule has 0 radical (unpaired) electrons. The van der Waals surface area contributed by atoms with Gasteiger partial charge in [-0.2, -0.15) is 0 Å². The second-order valence-corrected chi connectivity index (χ2v) is 41.2. The molecule has 0 fully saturated rings. The number of fused-ring (bicyclic) bond motifs is 3. The average Bonchev–Trinajstić information content (AvgIpc) is 0.706. The van der Waals surface area contributed by atoms with Gasteiger partial charge in [0.25, 0.3) is 30.6 Å². The smallest absolute Gasteiger partial charge is 0.312 e. The summed E-state index contributed by atoms with van der Waals surface area (Å²) in [5, 5.41) is -4.27. The molecular weight excluding hydrogens is 1610 g/mol. The molecule has 0 saturated heterocycles. The molecule has 0 bridgehead atoms. The molecule has 115 heavy (non-hydrogen) atoms. The van der Waals surface area contributed by atoms with Crippen molar-refractivity contribution < 1.29 is 108 Å². The number of pyridine rings is 3. The molecule has 42 heteroatoms. The van der Waals surface area contributed by atoms with E-state index >= 15 is 8.78 Å². The Labute approximate surface area is 655 Å². The first kappa shape index (κ1) is 90.0. The number of nitrogen functional groups attached to an aromatic ring is 1. The number of halogens is 13. The zero-order valence-electron chi connectivity index (χ0n) is 65.2. The molecule has 4 N–H and O–H groups in total. The number of esters is 2. The van der Waals surface area contributed by atoms with Gasteiger partial charge >= 0.3 is 11.9 Å². The number of amidine groups is 1. The van der Waals surface area contributed by atoms with E-state index in [0.717, 1.165) is 43.0 Å². The summed E-state index contributed by atoms with van der Waals surface area (Å²) >= 11 is 0. The summed E-state index contributed by atoms with van der Waals surface area (Å²) in [5.41, 5.74) is 3.39. The summed E-state index contributed by atoms with van der Waals surface area (Å²) in [6.07, 6.45) is -5.63. The minimum atomic E-state index is -3.63.